The van der Waals surface area contributed by atoms with Crippen LogP contribution in [0.4, 0.5) is 0 Å². The summed E-state index contributed by atoms with van der Waals surface area (Å²) < 4.78 is 0. The van der Waals surface area contributed by atoms with Crippen molar-refractivity contribution in [3.05, 3.63) is 10.1 Å². The predicted molar refractivity (Wildman–Crippen MR) is 45.7 cm³/mol. The van der Waals surface area contributed by atoms with Crippen LogP contribution in [-0.4, -0.2) is 19.3 Å². The van der Waals surface area contributed by atoms with Gasteiger partial charge in [-0.2, -0.15) is 0 Å². The molecule has 4 nitrogen and oxygen atoms in total. The highest BCUT2D eigenvalue weighted by molar-refractivity contribution is 6.76. The monoisotopic (exact) mass is 177 g/mol. The second-order valence-electron chi connectivity index (χ2n) is 3.90. The molecule has 0 radical (unpaired) electrons. The molecule has 0 aliphatic carbocycles. The molecule has 0 spiro atoms. The first-order chi connectivity index (χ1) is 4.81. The molecule has 0 aliphatic rings. The average Bonchev–Trinajstić information content (AvgIpc) is 1.53. The molecular formula is C6H15NO3Si. The number of hydrogen-bond acceptors (Lipinski definition) is 3. The Morgan fingerprint density at radius 1 is 1.55 bits per heavy atom. The maximum absolute atomic E-state index is 9.89. The van der Waals surface area contributed by atoms with Crippen molar-refractivity contribution in [1.29, 1.82) is 0 Å². The van der Waals surface area contributed by atoms with Crippen LogP contribution in [0.5, 0.6) is 0 Å². The van der Waals surface area contributed by atoms with Crippen molar-refractivity contribution < 1.29 is 9.92 Å². The highest BCUT2D eigenvalue weighted by atomic mass is 28.3. The van der Waals surface area contributed by atoms with Crippen LogP contribution in [-0.2, 0) is 4.84 Å². The van der Waals surface area contributed by atoms with Crippen molar-refractivity contribution in [3.63, 3.8) is 0 Å². The SMILES string of the molecule is CC(C[Si](C)(C)C)O[N+](=O)[O-]. The highest BCUT2D eigenvalue weighted by Gasteiger charge is 2.19. The van der Waals surface area contributed by atoms with Gasteiger partial charge in [-0.1, -0.05) is 19.6 Å². The molecule has 0 aromatic carbocycles. The summed E-state index contributed by atoms with van der Waals surface area (Å²) in [4.78, 5) is 14.3. The van der Waals surface area contributed by atoms with Crippen molar-refractivity contribution in [2.75, 3.05) is 0 Å². The van der Waals surface area contributed by atoms with E-state index >= 15 is 0 Å². The molecule has 0 bridgehead atoms. The highest BCUT2D eigenvalue weighted by Crippen LogP contribution is 2.13. The molecule has 0 amide bonds. The van der Waals surface area contributed by atoms with Gasteiger partial charge in [-0.25, -0.2) is 0 Å². The van der Waals surface area contributed by atoms with Gasteiger partial charge >= 0.3 is 0 Å². The molecule has 0 aromatic rings. The van der Waals surface area contributed by atoms with E-state index in [9.17, 15) is 10.1 Å². The molecule has 0 fully saturated rings. The van der Waals surface area contributed by atoms with Crippen LogP contribution in [0.15, 0.2) is 0 Å². The molecular weight excluding hydrogens is 162 g/mol. The van der Waals surface area contributed by atoms with Crippen LogP contribution in [0.2, 0.25) is 25.7 Å². The largest absolute Gasteiger partial charge is 0.311 e. The lowest BCUT2D eigenvalue weighted by Gasteiger charge is -2.19. The molecule has 5 heteroatoms. The summed E-state index contributed by atoms with van der Waals surface area (Å²) in [6.45, 7) is 8.22. The minimum absolute atomic E-state index is 0.253. The Kier molecular flexibility index (Phi) is 3.51. The van der Waals surface area contributed by atoms with Crippen molar-refractivity contribution in [1.82, 2.24) is 0 Å². The van der Waals surface area contributed by atoms with E-state index in [-0.39, 0.29) is 6.10 Å². The molecule has 0 heterocycles. The molecule has 0 aromatic heterocycles. The lowest BCUT2D eigenvalue weighted by atomic mass is 10.5. The molecule has 1 atom stereocenters. The van der Waals surface area contributed by atoms with E-state index in [0.29, 0.717) is 0 Å². The van der Waals surface area contributed by atoms with Gasteiger partial charge in [-0.3, -0.25) is 0 Å². The summed E-state index contributed by atoms with van der Waals surface area (Å²) in [6, 6.07) is 0.827. The molecule has 0 saturated heterocycles. The van der Waals surface area contributed by atoms with Crippen LogP contribution >= 0.6 is 0 Å². The third-order valence-electron chi connectivity index (χ3n) is 1.17. The van der Waals surface area contributed by atoms with Crippen LogP contribution in [0.25, 0.3) is 0 Å². The summed E-state index contributed by atoms with van der Waals surface area (Å²) >= 11 is 0. The summed E-state index contributed by atoms with van der Waals surface area (Å²) in [5, 5.41) is 9.18. The summed E-state index contributed by atoms with van der Waals surface area (Å²) in [5.41, 5.74) is 0. The Hall–Kier alpha value is -0.583. The van der Waals surface area contributed by atoms with E-state index in [1.54, 1.807) is 6.92 Å². The number of hydrogen-bond donors (Lipinski definition) is 0. The van der Waals surface area contributed by atoms with Gasteiger partial charge in [-0.15, -0.1) is 10.1 Å². The summed E-state index contributed by atoms with van der Waals surface area (Å²) in [7, 11) is -1.22. The molecule has 0 N–H and O–H groups in total. The molecule has 11 heavy (non-hydrogen) atoms. The minimum atomic E-state index is -1.22. The van der Waals surface area contributed by atoms with Gasteiger partial charge in [0.25, 0.3) is 5.09 Å². The van der Waals surface area contributed by atoms with Crippen molar-refractivity contribution in [3.8, 4) is 0 Å². The van der Waals surface area contributed by atoms with E-state index in [2.05, 4.69) is 24.5 Å². The normalized spacial score (nSPS) is 14.2. The molecule has 0 rings (SSSR count). The Labute approximate surface area is 67.7 Å². The molecule has 1 unspecified atom stereocenters. The van der Waals surface area contributed by atoms with Gasteiger partial charge in [0, 0.05) is 8.07 Å². The molecule has 0 saturated carbocycles. The summed E-state index contributed by atoms with van der Waals surface area (Å²) in [6.07, 6.45) is -0.253. The zero-order chi connectivity index (χ0) is 9.07. The number of rotatable bonds is 4. The standard InChI is InChI=1S/C6H15NO3Si/c1-6(10-7(8)9)5-11(2,3)4/h6H,5H2,1-4H3. The maximum atomic E-state index is 9.89. The Morgan fingerprint density at radius 3 is 2.27 bits per heavy atom. The van der Waals surface area contributed by atoms with Gasteiger partial charge in [0.2, 0.25) is 0 Å². The smallest absolute Gasteiger partial charge is 0.294 e. The fourth-order valence-electron chi connectivity index (χ4n) is 1.05. The second-order valence-corrected chi connectivity index (χ2v) is 9.43. The third-order valence-corrected chi connectivity index (χ3v) is 2.97. The van der Waals surface area contributed by atoms with Gasteiger partial charge in [0.15, 0.2) is 0 Å². The lowest BCUT2D eigenvalue weighted by molar-refractivity contribution is -0.766. The zero-order valence-corrected chi connectivity index (χ0v) is 8.46. The fourth-order valence-corrected chi connectivity index (χ4v) is 2.85. The maximum Gasteiger partial charge on any atom is 0.294 e. The minimum Gasteiger partial charge on any atom is -0.311 e. The lowest BCUT2D eigenvalue weighted by Crippen LogP contribution is -2.27. The fraction of sp³-hybridized carbons (Fsp3) is 1.00. The first-order valence-electron chi connectivity index (χ1n) is 3.62. The number of nitrogens with zero attached hydrogens (tertiary/aromatic N) is 1. The van der Waals surface area contributed by atoms with Crippen LogP contribution in [0, 0.1) is 10.1 Å². The van der Waals surface area contributed by atoms with E-state index in [1.165, 1.54) is 0 Å². The Bertz CT molecular complexity index is 143. The van der Waals surface area contributed by atoms with Crippen LogP contribution < -0.4 is 0 Å². The van der Waals surface area contributed by atoms with Crippen molar-refractivity contribution >= 4 is 8.07 Å². The molecule has 0 aliphatic heterocycles. The van der Waals surface area contributed by atoms with Gasteiger partial charge in [0.1, 0.15) is 6.10 Å². The summed E-state index contributed by atoms with van der Waals surface area (Å²) in [5.74, 6) is 0. The second kappa shape index (κ2) is 3.71. The van der Waals surface area contributed by atoms with E-state index in [0.717, 1.165) is 6.04 Å². The molecule has 66 valence electrons. The van der Waals surface area contributed by atoms with Gasteiger partial charge in [0.05, 0.1) is 0 Å². The van der Waals surface area contributed by atoms with E-state index in [4.69, 9.17) is 0 Å². The van der Waals surface area contributed by atoms with Crippen LogP contribution in [0.3, 0.4) is 0 Å². The first kappa shape index (κ1) is 10.4. The third kappa shape index (κ3) is 7.31. The van der Waals surface area contributed by atoms with E-state index in [1.807, 2.05) is 0 Å². The van der Waals surface area contributed by atoms with E-state index < -0.39 is 13.2 Å². The first-order valence-corrected chi connectivity index (χ1v) is 7.33. The zero-order valence-electron chi connectivity index (χ0n) is 7.46. The van der Waals surface area contributed by atoms with Gasteiger partial charge < -0.3 is 4.84 Å². The van der Waals surface area contributed by atoms with Crippen LogP contribution in [0.1, 0.15) is 6.92 Å². The topological polar surface area (TPSA) is 52.4 Å². The van der Waals surface area contributed by atoms with Crippen molar-refractivity contribution in [2.24, 2.45) is 0 Å². The average molecular weight is 177 g/mol. The predicted octanol–water partition coefficient (Wildman–Crippen LogP) is 1.92. The van der Waals surface area contributed by atoms with Crippen molar-refractivity contribution in [2.45, 2.75) is 38.7 Å². The quantitative estimate of drug-likeness (QED) is 0.374. The Morgan fingerprint density at radius 2 is 2.00 bits per heavy atom. The Balaban J connectivity index is 3.69. The van der Waals surface area contributed by atoms with Gasteiger partial charge in [-0.05, 0) is 13.0 Å².